The van der Waals surface area contributed by atoms with E-state index in [1.54, 1.807) is 12.0 Å². The largest absolute Gasteiger partial charge is 0.748 e. The van der Waals surface area contributed by atoms with E-state index in [0.717, 1.165) is 13.2 Å². The molecule has 0 aromatic heterocycles. The summed E-state index contributed by atoms with van der Waals surface area (Å²) in [4.78, 5) is 4.00. The van der Waals surface area contributed by atoms with Gasteiger partial charge in [-0.2, -0.15) is 0 Å². The first-order valence-electron chi connectivity index (χ1n) is 4.75. The van der Waals surface area contributed by atoms with Crippen molar-refractivity contribution in [3.8, 4) is 0 Å². The number of rotatable bonds is 3. The maximum absolute atomic E-state index is 9.08. The lowest BCUT2D eigenvalue weighted by molar-refractivity contribution is -0.892. The molecule has 0 radical (unpaired) electrons. The molecule has 1 atom stereocenters. The van der Waals surface area contributed by atoms with Crippen LogP contribution in [0.1, 0.15) is 0 Å². The molecule has 0 spiro atoms. The van der Waals surface area contributed by atoms with Gasteiger partial charge in [0.15, 0.2) is 0 Å². The fourth-order valence-electron chi connectivity index (χ4n) is 1.34. The van der Waals surface area contributed by atoms with E-state index in [-0.39, 0.29) is 0 Å². The van der Waals surface area contributed by atoms with Gasteiger partial charge in [0.2, 0.25) is 0 Å². The van der Waals surface area contributed by atoms with Crippen molar-refractivity contribution in [1.82, 2.24) is 4.90 Å². The lowest BCUT2D eigenvalue weighted by Crippen LogP contribution is -3.11. The monoisotopic (exact) mass is 240 g/mol. The molecular weight excluding hydrogens is 220 g/mol. The number of nitrogens with one attached hydrogen (secondary N) is 1. The molecule has 1 N–H and O–H groups in total. The van der Waals surface area contributed by atoms with E-state index in [0.29, 0.717) is 6.26 Å². The molecule has 1 fully saturated rings. The summed E-state index contributed by atoms with van der Waals surface area (Å²) in [6.45, 7) is 5.74. The molecule has 0 aliphatic carbocycles. The fourth-order valence-corrected chi connectivity index (χ4v) is 1.34. The lowest BCUT2D eigenvalue weighted by Gasteiger charge is -2.10. The Bertz CT molecular complexity index is 247. The molecule has 1 unspecified atom stereocenters. The van der Waals surface area contributed by atoms with Crippen molar-refractivity contribution in [2.75, 3.05) is 53.3 Å². The SMILES string of the molecule is COCC[NH+]1CCN(C)C1.CS(=O)(=O)[O-]. The molecule has 92 valence electrons. The van der Waals surface area contributed by atoms with E-state index in [9.17, 15) is 0 Å². The molecular formula is C8H20N2O4S. The Morgan fingerprint density at radius 3 is 2.40 bits per heavy atom. The summed E-state index contributed by atoms with van der Waals surface area (Å²) in [7, 11) is 0.0129. The molecule has 7 heteroatoms. The van der Waals surface area contributed by atoms with E-state index in [2.05, 4.69) is 11.9 Å². The number of nitrogens with zero attached hydrogens (tertiary/aromatic N) is 1. The van der Waals surface area contributed by atoms with Crippen molar-refractivity contribution in [3.05, 3.63) is 0 Å². The summed E-state index contributed by atoms with van der Waals surface area (Å²) in [5, 5.41) is 0. The van der Waals surface area contributed by atoms with E-state index in [4.69, 9.17) is 17.7 Å². The van der Waals surface area contributed by atoms with Crippen LogP contribution in [-0.4, -0.2) is 71.2 Å². The van der Waals surface area contributed by atoms with Gasteiger partial charge in [-0.15, -0.1) is 0 Å². The Morgan fingerprint density at radius 1 is 1.53 bits per heavy atom. The van der Waals surface area contributed by atoms with Crippen molar-refractivity contribution >= 4 is 10.1 Å². The minimum Gasteiger partial charge on any atom is -0.748 e. The smallest absolute Gasteiger partial charge is 0.133 e. The zero-order valence-electron chi connectivity index (χ0n) is 9.52. The van der Waals surface area contributed by atoms with Crippen LogP contribution in [0, 0.1) is 0 Å². The predicted molar refractivity (Wildman–Crippen MR) is 55.7 cm³/mol. The van der Waals surface area contributed by atoms with Gasteiger partial charge < -0.3 is 14.2 Å². The maximum Gasteiger partial charge on any atom is 0.133 e. The highest BCUT2D eigenvalue weighted by Gasteiger charge is 2.18. The van der Waals surface area contributed by atoms with Crippen molar-refractivity contribution in [2.45, 2.75) is 0 Å². The third kappa shape index (κ3) is 11.7. The molecule has 1 saturated heterocycles. The van der Waals surface area contributed by atoms with Crippen molar-refractivity contribution in [1.29, 1.82) is 0 Å². The van der Waals surface area contributed by atoms with Gasteiger partial charge in [0.25, 0.3) is 0 Å². The average molecular weight is 240 g/mol. The predicted octanol–water partition coefficient (Wildman–Crippen LogP) is -2.42. The molecule has 6 nitrogen and oxygen atoms in total. The van der Waals surface area contributed by atoms with Crippen molar-refractivity contribution in [3.63, 3.8) is 0 Å². The Hall–Kier alpha value is -0.210. The quantitative estimate of drug-likeness (QED) is 0.556. The molecule has 1 aliphatic heterocycles. The Morgan fingerprint density at radius 2 is 2.07 bits per heavy atom. The average Bonchev–Trinajstić information content (AvgIpc) is 2.45. The Balaban J connectivity index is 0.000000336. The third-order valence-corrected chi connectivity index (χ3v) is 2.00. The standard InChI is InChI=1S/C7H16N2O.CH4O3S/c1-8-3-4-9(7-8)5-6-10-2;1-5(2,3)4/h3-7H2,1-2H3;1H3,(H,2,3,4). The maximum atomic E-state index is 9.08. The zero-order chi connectivity index (χ0) is 11.9. The normalized spacial score (nSPS) is 22.3. The minimum absolute atomic E-state index is 0.604. The molecule has 0 saturated carbocycles. The molecule has 0 bridgehead atoms. The van der Waals surface area contributed by atoms with Gasteiger partial charge in [0.05, 0.1) is 29.8 Å². The van der Waals surface area contributed by atoms with E-state index in [1.807, 2.05) is 0 Å². The molecule has 1 heterocycles. The van der Waals surface area contributed by atoms with Gasteiger partial charge in [0.1, 0.15) is 13.2 Å². The van der Waals surface area contributed by atoms with Crippen LogP contribution in [0.15, 0.2) is 0 Å². The van der Waals surface area contributed by atoms with Crippen LogP contribution < -0.4 is 4.90 Å². The van der Waals surface area contributed by atoms with Crippen LogP contribution in [0.3, 0.4) is 0 Å². The van der Waals surface area contributed by atoms with Crippen LogP contribution in [0.5, 0.6) is 0 Å². The van der Waals surface area contributed by atoms with Gasteiger partial charge in [-0.05, 0) is 7.05 Å². The van der Waals surface area contributed by atoms with Gasteiger partial charge in [-0.1, -0.05) is 0 Å². The summed E-state index contributed by atoms with van der Waals surface area (Å²) < 4.78 is 32.2. The summed E-state index contributed by atoms with van der Waals surface area (Å²) >= 11 is 0. The second-order valence-electron chi connectivity index (χ2n) is 3.68. The Labute approximate surface area is 91.6 Å². The van der Waals surface area contributed by atoms with Crippen LogP contribution in [0.2, 0.25) is 0 Å². The number of hydrogen-bond donors (Lipinski definition) is 1. The highest BCUT2D eigenvalue weighted by molar-refractivity contribution is 7.84. The Kier molecular flexibility index (Phi) is 7.03. The summed E-state index contributed by atoms with van der Waals surface area (Å²) in [6.07, 6.45) is 0.604. The van der Waals surface area contributed by atoms with Crippen molar-refractivity contribution < 1.29 is 22.6 Å². The number of likely N-dealkylation sites (N-methyl/N-ethyl adjacent to an activating group) is 1. The number of ether oxygens (including phenoxy) is 1. The molecule has 15 heavy (non-hydrogen) atoms. The molecule has 1 aliphatic rings. The topological polar surface area (TPSA) is 74.1 Å². The van der Waals surface area contributed by atoms with Gasteiger partial charge >= 0.3 is 0 Å². The highest BCUT2D eigenvalue weighted by atomic mass is 32.2. The first-order chi connectivity index (χ1) is 6.83. The summed E-state index contributed by atoms with van der Waals surface area (Å²) in [6, 6.07) is 0. The molecule has 0 amide bonds. The molecule has 0 aromatic rings. The number of quaternary nitrogens is 1. The number of methoxy groups -OCH3 is 1. The van der Waals surface area contributed by atoms with E-state index < -0.39 is 10.1 Å². The van der Waals surface area contributed by atoms with Crippen LogP contribution in [-0.2, 0) is 14.9 Å². The van der Waals surface area contributed by atoms with Gasteiger partial charge in [-0.25, -0.2) is 8.42 Å². The van der Waals surface area contributed by atoms with E-state index in [1.165, 1.54) is 19.8 Å². The molecule has 1 rings (SSSR count). The lowest BCUT2D eigenvalue weighted by atomic mass is 10.5. The second-order valence-corrected chi connectivity index (χ2v) is 5.09. The first kappa shape index (κ1) is 14.8. The van der Waals surface area contributed by atoms with Crippen LogP contribution in [0.4, 0.5) is 0 Å². The van der Waals surface area contributed by atoms with Crippen LogP contribution in [0.25, 0.3) is 0 Å². The minimum atomic E-state index is -3.92. The van der Waals surface area contributed by atoms with E-state index >= 15 is 0 Å². The fraction of sp³-hybridized carbons (Fsp3) is 1.00. The molecule has 0 aromatic carbocycles. The van der Waals surface area contributed by atoms with Crippen LogP contribution >= 0.6 is 0 Å². The first-order valence-corrected chi connectivity index (χ1v) is 6.56. The third-order valence-electron chi connectivity index (χ3n) is 2.00. The summed E-state index contributed by atoms with van der Waals surface area (Å²) in [5.74, 6) is 0. The second kappa shape index (κ2) is 7.13. The highest BCUT2D eigenvalue weighted by Crippen LogP contribution is 1.79. The van der Waals surface area contributed by atoms with Crippen molar-refractivity contribution in [2.24, 2.45) is 0 Å². The van der Waals surface area contributed by atoms with Gasteiger partial charge in [0, 0.05) is 13.4 Å². The van der Waals surface area contributed by atoms with Gasteiger partial charge in [-0.3, -0.25) is 4.90 Å². The number of hydrogen-bond acceptors (Lipinski definition) is 5. The summed E-state index contributed by atoms with van der Waals surface area (Å²) in [5.41, 5.74) is 0. The zero-order valence-corrected chi connectivity index (χ0v) is 10.3.